The summed E-state index contributed by atoms with van der Waals surface area (Å²) in [6, 6.07) is 7.52. The molecule has 0 aliphatic carbocycles. The van der Waals surface area contributed by atoms with Crippen molar-refractivity contribution in [3.8, 4) is 0 Å². The number of hydrogen-bond acceptors (Lipinski definition) is 4. The molecule has 2 aromatic rings. The lowest BCUT2D eigenvalue weighted by molar-refractivity contribution is 0.600. The smallest absolute Gasteiger partial charge is 0.234 e. The summed E-state index contributed by atoms with van der Waals surface area (Å²) in [7, 11) is -3.33. The first-order valence-corrected chi connectivity index (χ1v) is 8.03. The van der Waals surface area contributed by atoms with E-state index in [1.807, 2.05) is 24.3 Å². The van der Waals surface area contributed by atoms with E-state index in [0.29, 0.717) is 17.4 Å². The number of thiazole rings is 1. The quantitative estimate of drug-likeness (QED) is 0.861. The summed E-state index contributed by atoms with van der Waals surface area (Å²) in [6.45, 7) is 0. The van der Waals surface area contributed by atoms with Crippen molar-refractivity contribution in [2.45, 2.75) is 6.42 Å². The molecular weight excluding hydrogens is 280 g/mol. The molecule has 0 unspecified atom stereocenters. The Morgan fingerprint density at radius 1 is 1.35 bits per heavy atom. The second-order valence-electron chi connectivity index (χ2n) is 3.45. The summed E-state index contributed by atoms with van der Waals surface area (Å²) >= 11 is 6.79. The Balaban J connectivity index is 2.18. The molecule has 0 aliphatic heterocycles. The fraction of sp³-hybridized carbons (Fsp3) is 0.300. The van der Waals surface area contributed by atoms with E-state index < -0.39 is 10.0 Å². The average Bonchev–Trinajstić information content (AvgIpc) is 2.67. The van der Waals surface area contributed by atoms with Crippen LogP contribution in [-0.4, -0.2) is 25.0 Å². The number of halogens is 1. The summed E-state index contributed by atoms with van der Waals surface area (Å²) in [6.07, 6.45) is 0.432. The summed E-state index contributed by atoms with van der Waals surface area (Å²) in [4.78, 5) is 4.20. The molecular formula is C10H11ClN2O2S2. The number of fused-ring (bicyclic) bond motifs is 1. The highest BCUT2D eigenvalue weighted by Gasteiger charge is 2.12. The van der Waals surface area contributed by atoms with Crippen LogP contribution in [0.1, 0.15) is 6.42 Å². The van der Waals surface area contributed by atoms with Crippen LogP contribution in [0.2, 0.25) is 0 Å². The van der Waals surface area contributed by atoms with E-state index in [4.69, 9.17) is 11.6 Å². The Morgan fingerprint density at radius 2 is 2.12 bits per heavy atom. The van der Waals surface area contributed by atoms with Crippen LogP contribution in [0.15, 0.2) is 24.3 Å². The van der Waals surface area contributed by atoms with Crippen molar-refractivity contribution in [3.63, 3.8) is 0 Å². The Hall–Kier alpha value is -0.850. The lowest BCUT2D eigenvalue weighted by atomic mass is 10.3. The normalized spacial score (nSPS) is 11.8. The number of rotatable bonds is 5. The topological polar surface area (TPSA) is 59.1 Å². The van der Waals surface area contributed by atoms with Gasteiger partial charge in [0.1, 0.15) is 0 Å². The lowest BCUT2D eigenvalue weighted by Crippen LogP contribution is -2.16. The van der Waals surface area contributed by atoms with Gasteiger partial charge < -0.3 is 0 Å². The van der Waals surface area contributed by atoms with E-state index in [0.717, 1.165) is 10.2 Å². The summed E-state index contributed by atoms with van der Waals surface area (Å²) < 4.78 is 26.7. The van der Waals surface area contributed by atoms with Crippen molar-refractivity contribution in [2.75, 3.05) is 16.4 Å². The standard InChI is InChI=1S/C10H11ClN2O2S2/c11-6-3-7-17(14,15)13-10-12-8-4-1-2-5-9(8)16-10/h1-2,4-5H,3,6-7H2,(H,12,13). The van der Waals surface area contributed by atoms with E-state index >= 15 is 0 Å². The molecule has 1 aromatic heterocycles. The third kappa shape index (κ3) is 3.31. The molecule has 0 aliphatic rings. The number of anilines is 1. The molecule has 0 saturated carbocycles. The van der Waals surface area contributed by atoms with Crippen molar-refractivity contribution in [1.29, 1.82) is 0 Å². The molecule has 2 rings (SSSR count). The first-order chi connectivity index (χ1) is 8.11. The summed E-state index contributed by atoms with van der Waals surface area (Å²) in [5.74, 6) is 0.354. The van der Waals surface area contributed by atoms with Crippen LogP contribution in [0.4, 0.5) is 5.13 Å². The Bertz CT molecular complexity index is 577. The third-order valence-electron chi connectivity index (χ3n) is 2.08. The average molecular weight is 291 g/mol. The SMILES string of the molecule is O=S(=O)(CCCCl)Nc1nc2ccccc2s1. The first-order valence-electron chi connectivity index (χ1n) is 5.03. The van der Waals surface area contributed by atoms with Gasteiger partial charge in [-0.15, -0.1) is 11.6 Å². The van der Waals surface area contributed by atoms with Gasteiger partial charge in [-0.05, 0) is 18.6 Å². The second kappa shape index (κ2) is 5.20. The second-order valence-corrected chi connectivity index (χ2v) is 6.70. The molecule has 0 spiro atoms. The van der Waals surface area contributed by atoms with Crippen LogP contribution in [-0.2, 0) is 10.0 Å². The highest BCUT2D eigenvalue weighted by atomic mass is 35.5. The van der Waals surface area contributed by atoms with Crippen LogP contribution >= 0.6 is 22.9 Å². The maximum atomic E-state index is 11.6. The number of nitrogens with zero attached hydrogens (tertiary/aromatic N) is 1. The predicted molar refractivity (Wildman–Crippen MR) is 72.4 cm³/mol. The van der Waals surface area contributed by atoms with Crippen molar-refractivity contribution in [3.05, 3.63) is 24.3 Å². The van der Waals surface area contributed by atoms with Gasteiger partial charge in [-0.1, -0.05) is 23.5 Å². The monoisotopic (exact) mass is 290 g/mol. The Labute approximate surface area is 109 Å². The predicted octanol–water partition coefficient (Wildman–Crippen LogP) is 2.67. The summed E-state index contributed by atoms with van der Waals surface area (Å²) in [5, 5.41) is 0.403. The van der Waals surface area contributed by atoms with Gasteiger partial charge in [0.05, 0.1) is 16.0 Å². The van der Waals surface area contributed by atoms with E-state index in [-0.39, 0.29) is 5.75 Å². The van der Waals surface area contributed by atoms with Gasteiger partial charge in [-0.25, -0.2) is 13.4 Å². The molecule has 17 heavy (non-hydrogen) atoms. The van der Waals surface area contributed by atoms with Crippen molar-refractivity contribution in [2.24, 2.45) is 0 Å². The Morgan fingerprint density at radius 3 is 2.82 bits per heavy atom. The van der Waals surface area contributed by atoms with Gasteiger partial charge in [0.15, 0.2) is 5.13 Å². The first kappa shape index (κ1) is 12.6. The molecule has 0 radical (unpaired) electrons. The molecule has 0 saturated heterocycles. The zero-order valence-electron chi connectivity index (χ0n) is 8.89. The number of benzene rings is 1. The maximum Gasteiger partial charge on any atom is 0.234 e. The van der Waals surface area contributed by atoms with Crippen LogP contribution in [0.25, 0.3) is 10.2 Å². The molecule has 1 heterocycles. The molecule has 0 amide bonds. The van der Waals surface area contributed by atoms with Gasteiger partial charge in [-0.3, -0.25) is 4.72 Å². The molecule has 4 nitrogen and oxygen atoms in total. The number of hydrogen-bond donors (Lipinski definition) is 1. The summed E-state index contributed by atoms with van der Waals surface area (Å²) in [5.41, 5.74) is 0.799. The molecule has 0 fully saturated rings. The lowest BCUT2D eigenvalue weighted by Gasteiger charge is -2.02. The molecule has 0 atom stereocenters. The number of aromatic nitrogens is 1. The zero-order chi connectivity index (χ0) is 12.3. The highest BCUT2D eigenvalue weighted by Crippen LogP contribution is 2.26. The van der Waals surface area contributed by atoms with Crippen molar-refractivity contribution >= 4 is 48.3 Å². The van der Waals surface area contributed by atoms with Crippen molar-refractivity contribution < 1.29 is 8.42 Å². The fourth-order valence-electron chi connectivity index (χ4n) is 1.34. The molecule has 0 bridgehead atoms. The van der Waals surface area contributed by atoms with Gasteiger partial charge >= 0.3 is 0 Å². The van der Waals surface area contributed by atoms with Crippen LogP contribution < -0.4 is 4.72 Å². The van der Waals surface area contributed by atoms with Gasteiger partial charge in [0.2, 0.25) is 10.0 Å². The van der Waals surface area contributed by atoms with Crippen LogP contribution in [0.3, 0.4) is 0 Å². The number of para-hydroxylation sites is 1. The molecule has 1 N–H and O–H groups in total. The van der Waals surface area contributed by atoms with E-state index in [1.165, 1.54) is 11.3 Å². The van der Waals surface area contributed by atoms with Crippen LogP contribution in [0.5, 0.6) is 0 Å². The van der Waals surface area contributed by atoms with Gasteiger partial charge in [0, 0.05) is 5.88 Å². The number of nitrogens with one attached hydrogen (secondary N) is 1. The third-order valence-corrected chi connectivity index (χ3v) is 4.76. The highest BCUT2D eigenvalue weighted by molar-refractivity contribution is 7.92. The molecule has 92 valence electrons. The number of alkyl halides is 1. The van der Waals surface area contributed by atoms with E-state index in [1.54, 1.807) is 0 Å². The minimum atomic E-state index is -3.33. The zero-order valence-corrected chi connectivity index (χ0v) is 11.3. The van der Waals surface area contributed by atoms with E-state index in [2.05, 4.69) is 9.71 Å². The minimum Gasteiger partial charge on any atom is -0.259 e. The fourth-order valence-corrected chi connectivity index (χ4v) is 3.84. The largest absolute Gasteiger partial charge is 0.259 e. The van der Waals surface area contributed by atoms with Gasteiger partial charge in [-0.2, -0.15) is 0 Å². The number of sulfonamides is 1. The van der Waals surface area contributed by atoms with Crippen molar-refractivity contribution in [1.82, 2.24) is 4.98 Å². The molecule has 7 heteroatoms. The maximum absolute atomic E-state index is 11.6. The Kier molecular flexibility index (Phi) is 3.86. The van der Waals surface area contributed by atoms with Gasteiger partial charge in [0.25, 0.3) is 0 Å². The van der Waals surface area contributed by atoms with Crippen LogP contribution in [0, 0.1) is 0 Å². The van der Waals surface area contributed by atoms with E-state index in [9.17, 15) is 8.42 Å². The minimum absolute atomic E-state index is 0.0203. The molecule has 1 aromatic carbocycles.